The largest absolute Gasteiger partial charge is 0.399 e. The molecule has 1 heterocycles. The van der Waals surface area contributed by atoms with Gasteiger partial charge >= 0.3 is 0 Å². The average molecular weight is 461 g/mol. The molecule has 0 radical (unpaired) electrons. The smallest absolute Gasteiger partial charge is 0.264 e. The van der Waals surface area contributed by atoms with Crippen LogP contribution in [-0.4, -0.2) is 45.6 Å². The predicted molar refractivity (Wildman–Crippen MR) is 103 cm³/mol. The summed E-state index contributed by atoms with van der Waals surface area (Å²) in [4.78, 5) is -0.00553. The number of rotatable bonds is 4. The van der Waals surface area contributed by atoms with Crippen molar-refractivity contribution in [2.45, 2.75) is 17.0 Å². The molecule has 2 atom stereocenters. The van der Waals surface area contributed by atoms with E-state index in [2.05, 4.69) is 15.9 Å². The molecule has 1 fully saturated rings. The van der Waals surface area contributed by atoms with Crippen molar-refractivity contribution in [3.63, 3.8) is 0 Å². The van der Waals surface area contributed by atoms with E-state index in [9.17, 15) is 21.9 Å². The number of sulfone groups is 1. The van der Waals surface area contributed by atoms with Crippen LogP contribution in [0.5, 0.6) is 0 Å². The maximum atomic E-state index is 13.2. The van der Waals surface area contributed by atoms with Crippen molar-refractivity contribution in [2.75, 3.05) is 21.5 Å². The van der Waals surface area contributed by atoms with Crippen molar-refractivity contribution in [1.29, 1.82) is 0 Å². The van der Waals surface area contributed by atoms with Crippen LogP contribution < -0.4 is 10.0 Å². The second kappa shape index (κ2) is 6.84. The lowest BCUT2D eigenvalue weighted by atomic mass is 10.2. The number of sulfonamides is 1. The van der Waals surface area contributed by atoms with E-state index in [4.69, 9.17) is 5.73 Å². The first-order chi connectivity index (χ1) is 12.1. The van der Waals surface area contributed by atoms with Crippen LogP contribution in [0.1, 0.15) is 0 Å². The molecule has 1 aliphatic rings. The molecule has 0 bridgehead atoms. The molecule has 1 aliphatic heterocycles. The second-order valence-electron chi connectivity index (χ2n) is 6.06. The number of hydrogen-bond acceptors (Lipinski definition) is 6. The SMILES string of the molecule is Nc1ccc(N([C@@H]2CS(=O)(=O)C[C@H]2O)S(=O)(=O)c2ccc(Br)cc2)cc1. The Hall–Kier alpha value is -1.62. The summed E-state index contributed by atoms with van der Waals surface area (Å²) in [6, 6.07) is 10.9. The predicted octanol–water partition coefficient (Wildman–Crippen LogP) is 1.38. The van der Waals surface area contributed by atoms with E-state index in [1.807, 2.05) is 0 Å². The topological polar surface area (TPSA) is 118 Å². The summed E-state index contributed by atoms with van der Waals surface area (Å²) in [5.41, 5.74) is 6.35. The third-order valence-corrected chi connectivity index (χ3v) is 8.21. The van der Waals surface area contributed by atoms with Gasteiger partial charge in [-0.1, -0.05) is 15.9 Å². The first-order valence-electron chi connectivity index (χ1n) is 7.64. The van der Waals surface area contributed by atoms with Crippen molar-refractivity contribution in [1.82, 2.24) is 0 Å². The van der Waals surface area contributed by atoms with Crippen LogP contribution in [-0.2, 0) is 19.9 Å². The Morgan fingerprint density at radius 2 is 1.62 bits per heavy atom. The Kier molecular flexibility index (Phi) is 5.04. The lowest BCUT2D eigenvalue weighted by Crippen LogP contribution is -2.47. The first-order valence-corrected chi connectivity index (χ1v) is 11.7. The number of benzene rings is 2. The molecule has 0 aromatic heterocycles. The summed E-state index contributed by atoms with van der Waals surface area (Å²) in [7, 11) is -7.65. The van der Waals surface area contributed by atoms with Gasteiger partial charge in [0.25, 0.3) is 10.0 Å². The minimum atomic E-state index is -4.10. The van der Waals surface area contributed by atoms with E-state index in [1.165, 1.54) is 36.4 Å². The lowest BCUT2D eigenvalue weighted by Gasteiger charge is -2.31. The summed E-state index contributed by atoms with van der Waals surface area (Å²) in [6.07, 6.45) is -1.32. The molecule has 7 nitrogen and oxygen atoms in total. The van der Waals surface area contributed by atoms with Crippen LogP contribution in [0.4, 0.5) is 11.4 Å². The number of nitrogens with zero attached hydrogens (tertiary/aromatic N) is 1. The second-order valence-corrected chi connectivity index (χ2v) is 10.9. The van der Waals surface area contributed by atoms with Gasteiger partial charge in [-0.3, -0.25) is 4.31 Å². The quantitative estimate of drug-likeness (QED) is 0.665. The third-order valence-electron chi connectivity index (χ3n) is 4.11. The third kappa shape index (κ3) is 3.73. The molecule has 10 heteroatoms. The molecule has 2 aromatic rings. The fourth-order valence-electron chi connectivity index (χ4n) is 2.88. The highest BCUT2D eigenvalue weighted by Crippen LogP contribution is 2.32. The van der Waals surface area contributed by atoms with Crippen molar-refractivity contribution >= 4 is 47.2 Å². The number of hydrogen-bond donors (Lipinski definition) is 2. The van der Waals surface area contributed by atoms with Gasteiger partial charge in [-0.25, -0.2) is 16.8 Å². The van der Waals surface area contributed by atoms with Crippen molar-refractivity contribution < 1.29 is 21.9 Å². The Morgan fingerprint density at radius 3 is 2.12 bits per heavy atom. The Balaban J connectivity index is 2.14. The van der Waals surface area contributed by atoms with Gasteiger partial charge in [0.05, 0.1) is 34.2 Å². The van der Waals surface area contributed by atoms with Gasteiger partial charge in [-0.2, -0.15) is 0 Å². The molecular weight excluding hydrogens is 444 g/mol. The highest BCUT2D eigenvalue weighted by atomic mass is 79.9. The summed E-state index contributed by atoms with van der Waals surface area (Å²) in [5.74, 6) is -0.923. The van der Waals surface area contributed by atoms with E-state index in [0.29, 0.717) is 10.2 Å². The van der Waals surface area contributed by atoms with Crippen LogP contribution in [0.3, 0.4) is 0 Å². The minimum absolute atomic E-state index is 0.00553. The zero-order valence-electron chi connectivity index (χ0n) is 13.5. The summed E-state index contributed by atoms with van der Waals surface area (Å²) >= 11 is 3.25. The monoisotopic (exact) mass is 460 g/mol. The normalized spacial score (nSPS) is 22.2. The van der Waals surface area contributed by atoms with E-state index >= 15 is 0 Å². The number of nitrogen functional groups attached to an aromatic ring is 1. The molecule has 0 aliphatic carbocycles. The zero-order chi connectivity index (χ0) is 19.1. The van der Waals surface area contributed by atoms with Gasteiger partial charge in [0, 0.05) is 10.2 Å². The van der Waals surface area contributed by atoms with Crippen LogP contribution in [0.25, 0.3) is 0 Å². The van der Waals surface area contributed by atoms with Gasteiger partial charge in [-0.05, 0) is 48.5 Å². The molecule has 0 unspecified atom stereocenters. The zero-order valence-corrected chi connectivity index (χ0v) is 16.7. The lowest BCUT2D eigenvalue weighted by molar-refractivity contribution is 0.184. The fourth-order valence-corrected chi connectivity index (χ4v) is 6.69. The highest BCUT2D eigenvalue weighted by molar-refractivity contribution is 9.10. The van der Waals surface area contributed by atoms with Gasteiger partial charge in [0.2, 0.25) is 0 Å². The highest BCUT2D eigenvalue weighted by Gasteiger charge is 2.45. The molecule has 1 saturated heterocycles. The average Bonchev–Trinajstić information content (AvgIpc) is 2.82. The number of aliphatic hydroxyl groups excluding tert-OH is 1. The number of halogens is 1. The maximum absolute atomic E-state index is 13.2. The fraction of sp³-hybridized carbons (Fsp3) is 0.250. The van der Waals surface area contributed by atoms with Crippen molar-refractivity contribution in [3.8, 4) is 0 Å². The number of aliphatic hydroxyl groups is 1. The Bertz CT molecular complexity index is 1010. The van der Waals surface area contributed by atoms with Crippen LogP contribution in [0, 0.1) is 0 Å². The molecule has 26 heavy (non-hydrogen) atoms. The Morgan fingerprint density at radius 1 is 1.04 bits per heavy atom. The number of nitrogens with two attached hydrogens (primary N) is 1. The molecule has 0 amide bonds. The molecule has 140 valence electrons. The standard InChI is InChI=1S/C16H17BrN2O5S2/c17-11-1-7-14(8-2-11)26(23,24)19(13-5-3-12(18)4-6-13)15-9-25(21,22)10-16(15)20/h1-8,15-16,20H,9-10,18H2/t15-,16-/m1/s1. The molecule has 0 saturated carbocycles. The molecule has 3 rings (SSSR count). The first kappa shape index (κ1) is 19.2. The molecule has 0 spiro atoms. The Labute approximate surface area is 160 Å². The summed E-state index contributed by atoms with van der Waals surface area (Å²) < 4.78 is 52.1. The van der Waals surface area contributed by atoms with Gasteiger partial charge in [0.1, 0.15) is 0 Å². The molecular formula is C16H17BrN2O5S2. The van der Waals surface area contributed by atoms with Gasteiger partial charge in [0.15, 0.2) is 9.84 Å². The van der Waals surface area contributed by atoms with E-state index in [-0.39, 0.29) is 10.6 Å². The van der Waals surface area contributed by atoms with Crippen LogP contribution in [0.15, 0.2) is 57.9 Å². The minimum Gasteiger partial charge on any atom is -0.399 e. The number of anilines is 2. The van der Waals surface area contributed by atoms with Gasteiger partial charge in [-0.15, -0.1) is 0 Å². The molecule has 2 aromatic carbocycles. The van der Waals surface area contributed by atoms with Crippen molar-refractivity contribution in [2.24, 2.45) is 0 Å². The summed E-state index contributed by atoms with van der Waals surface area (Å²) in [5, 5.41) is 10.2. The van der Waals surface area contributed by atoms with Crippen molar-refractivity contribution in [3.05, 3.63) is 53.0 Å². The van der Waals surface area contributed by atoms with Gasteiger partial charge < -0.3 is 10.8 Å². The van der Waals surface area contributed by atoms with Crippen LogP contribution >= 0.6 is 15.9 Å². The maximum Gasteiger partial charge on any atom is 0.264 e. The molecule has 3 N–H and O–H groups in total. The van der Waals surface area contributed by atoms with E-state index in [1.54, 1.807) is 12.1 Å². The van der Waals surface area contributed by atoms with E-state index in [0.717, 1.165) is 4.31 Å². The van der Waals surface area contributed by atoms with E-state index < -0.39 is 43.5 Å². The summed E-state index contributed by atoms with van der Waals surface area (Å²) in [6.45, 7) is 0. The van der Waals surface area contributed by atoms with Crippen LogP contribution in [0.2, 0.25) is 0 Å².